The minimum Gasteiger partial charge on any atom is -0.484 e. The van der Waals surface area contributed by atoms with Crippen molar-refractivity contribution in [2.24, 2.45) is 5.10 Å². The third-order valence-corrected chi connectivity index (χ3v) is 3.60. The topological polar surface area (TPSA) is 91.8 Å². The average molecular weight is 338 g/mol. The van der Waals surface area contributed by atoms with Crippen molar-refractivity contribution in [2.75, 3.05) is 13.2 Å². The van der Waals surface area contributed by atoms with E-state index < -0.39 is 0 Å². The predicted molar refractivity (Wildman–Crippen MR) is 93.3 cm³/mol. The summed E-state index contributed by atoms with van der Waals surface area (Å²) < 4.78 is 5.48. The van der Waals surface area contributed by atoms with E-state index >= 15 is 0 Å². The van der Waals surface area contributed by atoms with Crippen LogP contribution in [0.1, 0.15) is 11.1 Å². The van der Waals surface area contributed by atoms with Gasteiger partial charge in [0.15, 0.2) is 6.61 Å². The van der Waals surface area contributed by atoms with Crippen molar-refractivity contribution < 1.29 is 14.3 Å². The van der Waals surface area contributed by atoms with Gasteiger partial charge in [-0.15, -0.1) is 0 Å². The summed E-state index contributed by atoms with van der Waals surface area (Å²) in [6.45, 7) is 0.791. The minimum absolute atomic E-state index is 0.0509. The number of hydrogen-bond donors (Lipinski definition) is 3. The van der Waals surface area contributed by atoms with E-state index in [1.807, 2.05) is 42.5 Å². The molecule has 0 atom stereocenters. The first-order valence-corrected chi connectivity index (χ1v) is 7.85. The summed E-state index contributed by atoms with van der Waals surface area (Å²) in [6.07, 6.45) is 0. The first kappa shape index (κ1) is 16.5. The fourth-order valence-corrected chi connectivity index (χ4v) is 2.27. The van der Waals surface area contributed by atoms with Crippen LogP contribution >= 0.6 is 0 Å². The quantitative estimate of drug-likeness (QED) is 0.743. The Morgan fingerprint density at radius 1 is 1.12 bits per heavy atom. The van der Waals surface area contributed by atoms with Crippen LogP contribution in [0.25, 0.3) is 0 Å². The van der Waals surface area contributed by atoms with Crippen LogP contribution in [0.4, 0.5) is 4.79 Å². The van der Waals surface area contributed by atoms with Crippen LogP contribution in [0.2, 0.25) is 0 Å². The van der Waals surface area contributed by atoms with Gasteiger partial charge < -0.3 is 15.4 Å². The van der Waals surface area contributed by atoms with Crippen LogP contribution in [-0.4, -0.2) is 30.8 Å². The van der Waals surface area contributed by atoms with Crippen LogP contribution < -0.4 is 20.8 Å². The van der Waals surface area contributed by atoms with Crippen molar-refractivity contribution in [3.8, 4) is 5.75 Å². The first-order chi connectivity index (χ1) is 12.2. The molecule has 0 aliphatic carbocycles. The van der Waals surface area contributed by atoms with E-state index in [2.05, 4.69) is 21.2 Å². The molecule has 128 valence electrons. The van der Waals surface area contributed by atoms with Crippen molar-refractivity contribution in [1.29, 1.82) is 0 Å². The molecule has 2 aromatic rings. The lowest BCUT2D eigenvalue weighted by molar-refractivity contribution is -0.123. The standard InChI is InChI=1S/C18H18N4O3/c23-17(19-10-13-4-2-1-3-5-13)12-25-15-8-6-14(7-9-15)16-11-20-18(24)22-21-16/h1-9H,10-12H2,(H,19,23)(H2,20,22,24). The van der Waals surface area contributed by atoms with Crippen molar-refractivity contribution >= 4 is 17.6 Å². The lowest BCUT2D eigenvalue weighted by Crippen LogP contribution is -2.42. The molecule has 25 heavy (non-hydrogen) atoms. The van der Waals surface area contributed by atoms with Crippen LogP contribution in [0.15, 0.2) is 59.7 Å². The number of nitrogens with zero attached hydrogens (tertiary/aromatic N) is 1. The van der Waals surface area contributed by atoms with Gasteiger partial charge in [-0.1, -0.05) is 30.3 Å². The highest BCUT2D eigenvalue weighted by molar-refractivity contribution is 6.05. The number of carbonyl (C=O) groups excluding carboxylic acids is 2. The van der Waals surface area contributed by atoms with Gasteiger partial charge in [-0.25, -0.2) is 10.2 Å². The maximum absolute atomic E-state index is 11.8. The zero-order valence-electron chi connectivity index (χ0n) is 13.5. The molecule has 0 fully saturated rings. The van der Waals surface area contributed by atoms with Gasteiger partial charge in [0, 0.05) is 6.54 Å². The number of hydrazone groups is 1. The normalized spacial score (nSPS) is 13.3. The molecular formula is C18H18N4O3. The smallest absolute Gasteiger partial charge is 0.335 e. The monoisotopic (exact) mass is 338 g/mol. The summed E-state index contributed by atoms with van der Waals surface area (Å²) in [5.41, 5.74) is 5.00. The van der Waals surface area contributed by atoms with E-state index in [0.717, 1.165) is 16.8 Å². The Morgan fingerprint density at radius 3 is 2.56 bits per heavy atom. The highest BCUT2D eigenvalue weighted by Crippen LogP contribution is 2.13. The van der Waals surface area contributed by atoms with Gasteiger partial charge in [0.2, 0.25) is 0 Å². The number of hydrogen-bond acceptors (Lipinski definition) is 4. The van der Waals surface area contributed by atoms with Gasteiger partial charge in [0.25, 0.3) is 5.91 Å². The Morgan fingerprint density at radius 2 is 1.88 bits per heavy atom. The largest absolute Gasteiger partial charge is 0.484 e. The van der Waals surface area contributed by atoms with Crippen molar-refractivity contribution in [3.05, 3.63) is 65.7 Å². The lowest BCUT2D eigenvalue weighted by Gasteiger charge is -2.14. The highest BCUT2D eigenvalue weighted by Gasteiger charge is 2.12. The van der Waals surface area contributed by atoms with Gasteiger partial charge in [0.05, 0.1) is 12.3 Å². The van der Waals surface area contributed by atoms with E-state index in [4.69, 9.17) is 4.74 Å². The van der Waals surface area contributed by atoms with Crippen molar-refractivity contribution in [1.82, 2.24) is 16.1 Å². The number of benzene rings is 2. The number of carbonyl (C=O) groups is 2. The second kappa shape index (κ2) is 7.96. The molecule has 0 unspecified atom stereocenters. The molecule has 7 nitrogen and oxygen atoms in total. The zero-order chi connectivity index (χ0) is 17.5. The summed E-state index contributed by atoms with van der Waals surface area (Å²) >= 11 is 0. The summed E-state index contributed by atoms with van der Waals surface area (Å²) in [6, 6.07) is 16.6. The molecule has 0 saturated heterocycles. The third kappa shape index (κ3) is 4.81. The number of rotatable bonds is 6. The van der Waals surface area contributed by atoms with E-state index in [-0.39, 0.29) is 18.5 Å². The summed E-state index contributed by atoms with van der Waals surface area (Å²) in [5, 5.41) is 9.44. The Balaban J connectivity index is 1.47. The second-order valence-electron chi connectivity index (χ2n) is 5.43. The Hall–Kier alpha value is -3.35. The van der Waals surface area contributed by atoms with Crippen molar-refractivity contribution in [3.63, 3.8) is 0 Å². The SMILES string of the molecule is O=C(COc1ccc(C2=NNC(=O)NC2)cc1)NCc1ccccc1. The van der Waals surface area contributed by atoms with Gasteiger partial charge >= 0.3 is 6.03 Å². The maximum atomic E-state index is 11.8. The maximum Gasteiger partial charge on any atom is 0.335 e. The average Bonchev–Trinajstić information content (AvgIpc) is 2.67. The lowest BCUT2D eigenvalue weighted by atomic mass is 10.1. The highest BCUT2D eigenvalue weighted by atomic mass is 16.5. The first-order valence-electron chi connectivity index (χ1n) is 7.85. The molecular weight excluding hydrogens is 320 g/mol. The second-order valence-corrected chi connectivity index (χ2v) is 5.43. The van der Waals surface area contributed by atoms with Gasteiger partial charge in [0.1, 0.15) is 5.75 Å². The molecule has 3 amide bonds. The molecule has 1 heterocycles. The zero-order valence-corrected chi connectivity index (χ0v) is 13.5. The van der Waals surface area contributed by atoms with Gasteiger partial charge in [-0.05, 0) is 35.4 Å². The van der Waals surface area contributed by atoms with E-state index in [9.17, 15) is 9.59 Å². The van der Waals surface area contributed by atoms with E-state index in [0.29, 0.717) is 18.8 Å². The minimum atomic E-state index is -0.315. The number of urea groups is 1. The summed E-state index contributed by atoms with van der Waals surface area (Å²) in [7, 11) is 0. The molecule has 0 spiro atoms. The van der Waals surface area contributed by atoms with Gasteiger partial charge in [-0.3, -0.25) is 4.79 Å². The molecule has 1 aliphatic rings. The molecule has 0 radical (unpaired) electrons. The Bertz CT molecular complexity index is 773. The molecule has 2 aromatic carbocycles. The van der Waals surface area contributed by atoms with Crippen LogP contribution in [0, 0.1) is 0 Å². The molecule has 3 N–H and O–H groups in total. The molecule has 7 heteroatoms. The Kier molecular flexibility index (Phi) is 5.26. The number of amides is 3. The fraction of sp³-hybridized carbons (Fsp3) is 0.167. The number of nitrogens with one attached hydrogen (secondary N) is 3. The molecule has 0 aromatic heterocycles. The van der Waals surface area contributed by atoms with Gasteiger partial charge in [-0.2, -0.15) is 5.10 Å². The number of ether oxygens (including phenoxy) is 1. The van der Waals surface area contributed by atoms with E-state index in [1.54, 1.807) is 12.1 Å². The van der Waals surface area contributed by atoms with Crippen LogP contribution in [0.5, 0.6) is 5.75 Å². The Labute approximate surface area is 145 Å². The molecule has 0 bridgehead atoms. The molecule has 0 saturated carbocycles. The fourth-order valence-electron chi connectivity index (χ4n) is 2.27. The van der Waals surface area contributed by atoms with Crippen LogP contribution in [-0.2, 0) is 11.3 Å². The molecule has 3 rings (SSSR count). The summed E-state index contributed by atoms with van der Waals surface area (Å²) in [5.74, 6) is 0.406. The third-order valence-electron chi connectivity index (χ3n) is 3.60. The van der Waals surface area contributed by atoms with Crippen molar-refractivity contribution in [2.45, 2.75) is 6.54 Å². The summed E-state index contributed by atoms with van der Waals surface area (Å²) in [4.78, 5) is 22.8. The van der Waals surface area contributed by atoms with Crippen LogP contribution in [0.3, 0.4) is 0 Å². The molecule has 1 aliphatic heterocycles. The predicted octanol–water partition coefficient (Wildman–Crippen LogP) is 1.40. The van der Waals surface area contributed by atoms with E-state index in [1.165, 1.54) is 0 Å².